The lowest BCUT2D eigenvalue weighted by molar-refractivity contribution is 0.0137. The zero-order valence-electron chi connectivity index (χ0n) is 16.0. The van der Waals surface area contributed by atoms with Crippen molar-refractivity contribution in [3.05, 3.63) is 0 Å². The molecule has 0 aliphatic carbocycles. The fourth-order valence-electron chi connectivity index (χ4n) is 2.65. The number of guanidine groups is 1. The van der Waals surface area contributed by atoms with Gasteiger partial charge in [0.2, 0.25) is 0 Å². The van der Waals surface area contributed by atoms with Crippen molar-refractivity contribution in [2.24, 2.45) is 4.99 Å². The largest absolute Gasteiger partial charge is 0.444 e. The summed E-state index contributed by atoms with van der Waals surface area (Å²) in [4.78, 5) is 20.5. The molecular weight excluding hydrogens is 344 g/mol. The molecule has 0 aromatic rings. The molecular formula is C16H30N4O4S. The number of aliphatic imine (C=N–C) groups is 1. The molecule has 144 valence electrons. The van der Waals surface area contributed by atoms with Crippen LogP contribution >= 0.6 is 0 Å². The van der Waals surface area contributed by atoms with Crippen LogP contribution < -0.4 is 5.32 Å². The number of hydrogen-bond donors (Lipinski definition) is 1. The Labute approximate surface area is 150 Å². The van der Waals surface area contributed by atoms with Crippen molar-refractivity contribution in [2.45, 2.75) is 51.0 Å². The maximum absolute atomic E-state index is 12.2. The number of amides is 1. The van der Waals surface area contributed by atoms with Gasteiger partial charge in [-0.15, -0.1) is 0 Å². The molecule has 0 spiro atoms. The highest BCUT2D eigenvalue weighted by Gasteiger charge is 2.37. The van der Waals surface area contributed by atoms with Crippen molar-refractivity contribution in [3.8, 4) is 0 Å². The van der Waals surface area contributed by atoms with E-state index < -0.39 is 20.2 Å². The summed E-state index contributed by atoms with van der Waals surface area (Å²) in [7, 11) is -3.17. The van der Waals surface area contributed by atoms with Gasteiger partial charge in [-0.3, -0.25) is 4.99 Å². The predicted molar refractivity (Wildman–Crippen MR) is 97.5 cm³/mol. The summed E-state index contributed by atoms with van der Waals surface area (Å²) >= 11 is 0. The Bertz CT molecular complexity index is 652. The normalized spacial score (nSPS) is 21.7. The molecule has 1 saturated heterocycles. The number of piperazine rings is 1. The topological polar surface area (TPSA) is 91.3 Å². The molecule has 1 fully saturated rings. The summed E-state index contributed by atoms with van der Waals surface area (Å²) in [5, 5.41) is 3.17. The smallest absolute Gasteiger partial charge is 0.410 e. The van der Waals surface area contributed by atoms with Gasteiger partial charge in [0.25, 0.3) is 0 Å². The summed E-state index contributed by atoms with van der Waals surface area (Å²) in [6, 6.07) is 0.102. The molecule has 25 heavy (non-hydrogen) atoms. The lowest BCUT2D eigenvalue weighted by atomic mass is 10.2. The van der Waals surface area contributed by atoms with Crippen molar-refractivity contribution in [3.63, 3.8) is 0 Å². The molecule has 1 N–H and O–H groups in total. The van der Waals surface area contributed by atoms with Gasteiger partial charge < -0.3 is 19.9 Å². The maximum Gasteiger partial charge on any atom is 0.410 e. The first-order chi connectivity index (χ1) is 11.3. The summed E-state index contributed by atoms with van der Waals surface area (Å²) in [6.07, 6.45) is 0.944. The van der Waals surface area contributed by atoms with Crippen molar-refractivity contribution >= 4 is 21.9 Å². The van der Waals surface area contributed by atoms with Crippen LogP contribution in [0, 0.1) is 0 Å². The molecule has 2 rings (SSSR count). The second-order valence-corrected chi connectivity index (χ2v) is 11.0. The van der Waals surface area contributed by atoms with Gasteiger partial charge in [-0.25, -0.2) is 13.2 Å². The molecule has 0 saturated carbocycles. The molecule has 1 unspecified atom stereocenters. The van der Waals surface area contributed by atoms with E-state index in [2.05, 4.69) is 15.2 Å². The highest BCUT2D eigenvalue weighted by atomic mass is 32.2. The van der Waals surface area contributed by atoms with Gasteiger partial charge in [0.05, 0.1) is 17.3 Å². The minimum Gasteiger partial charge on any atom is -0.444 e. The van der Waals surface area contributed by atoms with Gasteiger partial charge in [0.1, 0.15) is 5.60 Å². The van der Waals surface area contributed by atoms with Gasteiger partial charge in [0, 0.05) is 32.4 Å². The molecule has 0 aromatic carbocycles. The average molecular weight is 375 g/mol. The zero-order valence-corrected chi connectivity index (χ0v) is 16.8. The standard InChI is InChI=1S/C16H30N4O4S/c1-15(2,3)24-14(21)19-7-8-20-12(10-19)9-17-13(20)18-11-16(4,5)25(6,22)23/h12H,7-11H2,1-6H3,(H,17,18). The molecule has 1 amide bonds. The molecule has 2 aliphatic heterocycles. The Kier molecular flexibility index (Phi) is 5.28. The van der Waals surface area contributed by atoms with Gasteiger partial charge in [0.15, 0.2) is 15.8 Å². The van der Waals surface area contributed by atoms with E-state index in [1.165, 1.54) is 6.26 Å². The molecule has 2 aliphatic rings. The van der Waals surface area contributed by atoms with Gasteiger partial charge in [-0.2, -0.15) is 0 Å². The van der Waals surface area contributed by atoms with Crippen molar-refractivity contribution < 1.29 is 17.9 Å². The van der Waals surface area contributed by atoms with E-state index in [9.17, 15) is 13.2 Å². The summed E-state index contributed by atoms with van der Waals surface area (Å²) in [5.41, 5.74) is -0.510. The fourth-order valence-corrected chi connectivity index (χ4v) is 2.98. The number of carbonyl (C=O) groups excluding carboxylic acids is 1. The van der Waals surface area contributed by atoms with Crippen LogP contribution in [0.3, 0.4) is 0 Å². The summed E-state index contributed by atoms with van der Waals surface area (Å²) in [6.45, 7) is 11.6. The summed E-state index contributed by atoms with van der Waals surface area (Å²) in [5.74, 6) is 0.713. The van der Waals surface area contributed by atoms with Crippen LogP contribution in [-0.4, -0.2) is 85.6 Å². The second kappa shape index (κ2) is 6.66. The van der Waals surface area contributed by atoms with Crippen molar-refractivity contribution in [1.29, 1.82) is 0 Å². The van der Waals surface area contributed by atoms with Crippen molar-refractivity contribution in [2.75, 3.05) is 39.0 Å². The van der Waals surface area contributed by atoms with Gasteiger partial charge in [-0.1, -0.05) is 0 Å². The van der Waals surface area contributed by atoms with Crippen LogP contribution in [0.5, 0.6) is 0 Å². The number of ether oxygens (including phenoxy) is 1. The third kappa shape index (κ3) is 4.77. The number of nitrogens with one attached hydrogen (secondary N) is 1. The second-order valence-electron chi connectivity index (χ2n) is 8.32. The number of sulfone groups is 1. The Hall–Kier alpha value is -1.51. The van der Waals surface area contributed by atoms with Crippen LogP contribution in [0.1, 0.15) is 34.6 Å². The molecule has 2 heterocycles. The van der Waals surface area contributed by atoms with E-state index in [0.717, 1.165) is 0 Å². The van der Waals surface area contributed by atoms with Crippen LogP contribution in [0.2, 0.25) is 0 Å². The maximum atomic E-state index is 12.2. The Morgan fingerprint density at radius 2 is 1.92 bits per heavy atom. The minimum atomic E-state index is -3.17. The molecule has 0 bridgehead atoms. The van der Waals surface area contributed by atoms with Gasteiger partial charge >= 0.3 is 6.09 Å². The van der Waals surface area contributed by atoms with E-state index in [1.54, 1.807) is 18.7 Å². The van der Waals surface area contributed by atoms with Crippen molar-refractivity contribution in [1.82, 2.24) is 15.1 Å². The molecule has 0 aromatic heterocycles. The quantitative estimate of drug-likeness (QED) is 0.782. The van der Waals surface area contributed by atoms with E-state index in [-0.39, 0.29) is 12.1 Å². The average Bonchev–Trinajstić information content (AvgIpc) is 2.84. The van der Waals surface area contributed by atoms with Crippen LogP contribution in [-0.2, 0) is 14.6 Å². The van der Waals surface area contributed by atoms with E-state index in [1.807, 2.05) is 20.8 Å². The number of fused-ring (bicyclic) bond motifs is 1. The highest BCUT2D eigenvalue weighted by molar-refractivity contribution is 7.92. The first kappa shape index (κ1) is 19.8. The van der Waals surface area contributed by atoms with E-state index >= 15 is 0 Å². The SMILES string of the molecule is CC(C)(C)OC(=O)N1CCN2C(NCC(C)(C)S(C)(=O)=O)=NCC2C1. The Morgan fingerprint density at radius 3 is 2.48 bits per heavy atom. The summed E-state index contributed by atoms with van der Waals surface area (Å²) < 4.78 is 28.2. The number of hydrogen-bond acceptors (Lipinski definition) is 7. The zero-order chi connectivity index (χ0) is 19.0. The monoisotopic (exact) mass is 374 g/mol. The van der Waals surface area contributed by atoms with Crippen LogP contribution in [0.4, 0.5) is 4.79 Å². The molecule has 1 atom stereocenters. The first-order valence-electron chi connectivity index (χ1n) is 8.53. The lowest BCUT2D eigenvalue weighted by Crippen LogP contribution is -2.58. The Morgan fingerprint density at radius 1 is 1.28 bits per heavy atom. The molecule has 0 radical (unpaired) electrons. The fraction of sp³-hybridized carbons (Fsp3) is 0.875. The minimum absolute atomic E-state index is 0.102. The molecule has 8 nitrogen and oxygen atoms in total. The van der Waals surface area contributed by atoms with Crippen LogP contribution in [0.25, 0.3) is 0 Å². The number of carbonyl (C=O) groups is 1. The van der Waals surface area contributed by atoms with Gasteiger partial charge in [-0.05, 0) is 34.6 Å². The van der Waals surface area contributed by atoms with E-state index in [0.29, 0.717) is 38.7 Å². The molecule has 9 heteroatoms. The third-order valence-electron chi connectivity index (χ3n) is 4.53. The first-order valence-corrected chi connectivity index (χ1v) is 10.4. The van der Waals surface area contributed by atoms with Crippen LogP contribution in [0.15, 0.2) is 4.99 Å². The highest BCUT2D eigenvalue weighted by Crippen LogP contribution is 2.19. The third-order valence-corrected chi connectivity index (χ3v) is 6.69. The predicted octanol–water partition coefficient (Wildman–Crippen LogP) is 0.690. The van der Waals surface area contributed by atoms with E-state index in [4.69, 9.17) is 4.74 Å². The number of rotatable bonds is 3. The number of nitrogens with zero attached hydrogens (tertiary/aromatic N) is 3. The lowest BCUT2D eigenvalue weighted by Gasteiger charge is -2.39. The Balaban J connectivity index is 1.91.